The molecule has 0 heterocycles. The number of hydrogen-bond donors (Lipinski definition) is 0. The van der Waals surface area contributed by atoms with Crippen LogP contribution in [0.1, 0.15) is 20.7 Å². The van der Waals surface area contributed by atoms with Gasteiger partial charge in [-0.1, -0.05) is 23.2 Å². The minimum absolute atomic E-state index is 0.0101. The van der Waals surface area contributed by atoms with E-state index in [4.69, 9.17) is 27.9 Å². The maximum Gasteiger partial charge on any atom is 0.228 e. The van der Waals surface area contributed by atoms with Crippen molar-refractivity contribution in [3.8, 4) is 0 Å². The highest BCUT2D eigenvalue weighted by Crippen LogP contribution is 2.30. The van der Waals surface area contributed by atoms with Crippen LogP contribution >= 0.6 is 23.2 Å². The number of ether oxygens (including phenoxy) is 1. The molecule has 1 aromatic rings. The molecule has 0 bridgehead atoms. The van der Waals surface area contributed by atoms with Gasteiger partial charge >= 0.3 is 0 Å². The van der Waals surface area contributed by atoms with Crippen LogP contribution in [0.5, 0.6) is 0 Å². The molecular formula is C11H6Cl2O3. The fourth-order valence-electron chi connectivity index (χ4n) is 1.49. The van der Waals surface area contributed by atoms with Crippen LogP contribution in [0.25, 0.3) is 0 Å². The van der Waals surface area contributed by atoms with E-state index in [9.17, 15) is 9.59 Å². The molecule has 1 aromatic carbocycles. The van der Waals surface area contributed by atoms with Gasteiger partial charge in [-0.3, -0.25) is 9.59 Å². The molecule has 0 aromatic heterocycles. The Hall–Kier alpha value is -1.32. The zero-order chi connectivity index (χ0) is 11.9. The Bertz CT molecular complexity index is 532. The molecule has 0 fully saturated rings. The molecule has 5 heteroatoms. The van der Waals surface area contributed by atoms with E-state index in [0.29, 0.717) is 0 Å². The van der Waals surface area contributed by atoms with Gasteiger partial charge in [0.2, 0.25) is 5.78 Å². The van der Waals surface area contributed by atoms with Crippen LogP contribution in [0.15, 0.2) is 24.0 Å². The zero-order valence-electron chi connectivity index (χ0n) is 8.21. The summed E-state index contributed by atoms with van der Waals surface area (Å²) in [5, 5.41) is 0.481. The van der Waals surface area contributed by atoms with Crippen LogP contribution in [-0.2, 0) is 4.74 Å². The maximum atomic E-state index is 11.8. The Labute approximate surface area is 102 Å². The molecule has 0 atom stereocenters. The number of ketones is 2. The number of methoxy groups -OCH3 is 1. The lowest BCUT2D eigenvalue weighted by atomic mass is 9.94. The van der Waals surface area contributed by atoms with Crippen molar-refractivity contribution < 1.29 is 14.3 Å². The summed E-state index contributed by atoms with van der Waals surface area (Å²) in [6, 6.07) is 2.77. The van der Waals surface area contributed by atoms with Gasteiger partial charge in [0, 0.05) is 17.2 Å². The minimum Gasteiger partial charge on any atom is -0.492 e. The first kappa shape index (κ1) is 11.2. The van der Waals surface area contributed by atoms with E-state index in [1.165, 1.54) is 19.2 Å². The molecular weight excluding hydrogens is 251 g/mol. The highest BCUT2D eigenvalue weighted by atomic mass is 35.5. The summed E-state index contributed by atoms with van der Waals surface area (Å²) in [5.74, 6) is -0.670. The summed E-state index contributed by atoms with van der Waals surface area (Å²) in [7, 11) is 1.33. The number of allylic oxidation sites excluding steroid dienone is 2. The number of rotatable bonds is 1. The number of hydrogen-bond acceptors (Lipinski definition) is 3. The van der Waals surface area contributed by atoms with Crippen molar-refractivity contribution in [3.05, 3.63) is 45.1 Å². The van der Waals surface area contributed by atoms with E-state index >= 15 is 0 Å². The summed E-state index contributed by atoms with van der Waals surface area (Å²) in [6.07, 6.45) is 1.15. The first-order chi connectivity index (χ1) is 7.54. The fourth-order valence-corrected chi connectivity index (χ4v) is 1.81. The third-order valence-corrected chi connectivity index (χ3v) is 3.00. The zero-order valence-corrected chi connectivity index (χ0v) is 9.72. The Morgan fingerprint density at radius 1 is 1.06 bits per heavy atom. The molecule has 0 saturated heterocycles. The molecule has 3 nitrogen and oxygen atoms in total. The topological polar surface area (TPSA) is 43.4 Å². The number of benzene rings is 1. The third-order valence-electron chi connectivity index (χ3n) is 2.28. The lowest BCUT2D eigenvalue weighted by molar-refractivity contribution is 0.0917. The third kappa shape index (κ3) is 1.62. The fraction of sp³-hybridized carbons (Fsp3) is 0.0909. The highest BCUT2D eigenvalue weighted by Gasteiger charge is 2.27. The predicted octanol–water partition coefficient (Wildman–Crippen LogP) is 2.90. The Kier molecular flexibility index (Phi) is 2.74. The second-order valence-corrected chi connectivity index (χ2v) is 4.03. The number of carbonyl (C=O) groups is 2. The SMILES string of the molecule is COC1=CC(=O)c2cc(Cl)c(Cl)cc2C1=O. The Morgan fingerprint density at radius 3 is 2.19 bits per heavy atom. The van der Waals surface area contributed by atoms with Gasteiger partial charge in [-0.15, -0.1) is 0 Å². The molecule has 0 saturated carbocycles. The predicted molar refractivity (Wildman–Crippen MR) is 60.2 cm³/mol. The van der Waals surface area contributed by atoms with E-state index in [1.807, 2.05) is 0 Å². The molecule has 82 valence electrons. The van der Waals surface area contributed by atoms with Crippen LogP contribution in [0.2, 0.25) is 10.0 Å². The van der Waals surface area contributed by atoms with Gasteiger partial charge in [0.1, 0.15) is 0 Å². The first-order valence-corrected chi connectivity index (χ1v) is 5.14. The van der Waals surface area contributed by atoms with Crippen molar-refractivity contribution in [1.29, 1.82) is 0 Å². The van der Waals surface area contributed by atoms with Gasteiger partial charge in [0.25, 0.3) is 0 Å². The molecule has 1 aliphatic carbocycles. The van der Waals surface area contributed by atoms with Crippen molar-refractivity contribution in [3.63, 3.8) is 0 Å². The second-order valence-electron chi connectivity index (χ2n) is 3.22. The lowest BCUT2D eigenvalue weighted by Gasteiger charge is -2.14. The van der Waals surface area contributed by atoms with E-state index in [-0.39, 0.29) is 38.5 Å². The molecule has 1 aliphatic rings. The van der Waals surface area contributed by atoms with Gasteiger partial charge in [-0.25, -0.2) is 0 Å². The van der Waals surface area contributed by atoms with Gasteiger partial charge in [-0.05, 0) is 12.1 Å². The Balaban J connectivity index is 2.66. The van der Waals surface area contributed by atoms with Crippen molar-refractivity contribution in [2.45, 2.75) is 0 Å². The number of fused-ring (bicyclic) bond motifs is 1. The lowest BCUT2D eigenvalue weighted by Crippen LogP contribution is -2.18. The van der Waals surface area contributed by atoms with E-state index in [0.717, 1.165) is 6.08 Å². The van der Waals surface area contributed by atoms with Crippen molar-refractivity contribution >= 4 is 34.8 Å². The van der Waals surface area contributed by atoms with Crippen LogP contribution < -0.4 is 0 Å². The second kappa shape index (κ2) is 3.92. The molecule has 0 amide bonds. The summed E-state index contributed by atoms with van der Waals surface area (Å²) in [4.78, 5) is 23.5. The summed E-state index contributed by atoms with van der Waals surface area (Å²) in [6.45, 7) is 0. The number of carbonyl (C=O) groups excluding carboxylic acids is 2. The van der Waals surface area contributed by atoms with Gasteiger partial charge in [0.05, 0.1) is 17.2 Å². The molecule has 0 radical (unpaired) electrons. The summed E-state index contributed by atoms with van der Waals surface area (Å²) < 4.78 is 4.82. The largest absolute Gasteiger partial charge is 0.492 e. The normalized spacial score (nSPS) is 14.6. The smallest absolute Gasteiger partial charge is 0.228 e. The molecule has 0 unspecified atom stereocenters. The van der Waals surface area contributed by atoms with E-state index in [2.05, 4.69) is 0 Å². The first-order valence-electron chi connectivity index (χ1n) is 4.38. The Morgan fingerprint density at radius 2 is 1.62 bits per heavy atom. The van der Waals surface area contributed by atoms with Crippen molar-refractivity contribution in [2.75, 3.05) is 7.11 Å². The van der Waals surface area contributed by atoms with E-state index < -0.39 is 0 Å². The summed E-state index contributed by atoms with van der Waals surface area (Å²) in [5.41, 5.74) is 0.471. The standard InChI is InChI=1S/C11H6Cl2O3/c1-16-10-4-9(14)5-2-7(12)8(13)3-6(5)11(10)15/h2-4H,1H3. The highest BCUT2D eigenvalue weighted by molar-refractivity contribution is 6.43. The quantitative estimate of drug-likeness (QED) is 0.776. The number of Topliss-reactive ketones (excluding diaryl/α,β-unsaturated/α-hetero) is 1. The maximum absolute atomic E-state index is 11.8. The van der Waals surface area contributed by atoms with Gasteiger partial charge in [0.15, 0.2) is 11.5 Å². The summed E-state index contributed by atoms with van der Waals surface area (Å²) >= 11 is 11.6. The molecule has 0 N–H and O–H groups in total. The van der Waals surface area contributed by atoms with Crippen LogP contribution in [0.4, 0.5) is 0 Å². The van der Waals surface area contributed by atoms with Crippen LogP contribution in [0, 0.1) is 0 Å². The average molecular weight is 257 g/mol. The van der Waals surface area contributed by atoms with Crippen molar-refractivity contribution in [2.24, 2.45) is 0 Å². The average Bonchev–Trinajstić information content (AvgIpc) is 2.26. The van der Waals surface area contributed by atoms with Crippen molar-refractivity contribution in [1.82, 2.24) is 0 Å². The van der Waals surface area contributed by atoms with Crippen LogP contribution in [-0.4, -0.2) is 18.7 Å². The molecule has 0 aliphatic heterocycles. The monoisotopic (exact) mass is 256 g/mol. The van der Waals surface area contributed by atoms with Crippen LogP contribution in [0.3, 0.4) is 0 Å². The van der Waals surface area contributed by atoms with Gasteiger partial charge < -0.3 is 4.74 Å². The molecule has 16 heavy (non-hydrogen) atoms. The van der Waals surface area contributed by atoms with Gasteiger partial charge in [-0.2, -0.15) is 0 Å². The van der Waals surface area contributed by atoms with E-state index in [1.54, 1.807) is 0 Å². The minimum atomic E-state index is -0.365. The molecule has 0 spiro atoms. The molecule has 2 rings (SSSR count). The number of halogens is 2.